The maximum absolute atomic E-state index is 12.8. The highest BCUT2D eigenvalue weighted by atomic mass is 16.5. The maximum Gasteiger partial charge on any atom is 0.259 e. The quantitative estimate of drug-likeness (QED) is 0.558. The zero-order chi connectivity index (χ0) is 19.7. The lowest BCUT2D eigenvalue weighted by Crippen LogP contribution is -2.14. The van der Waals surface area contributed by atoms with Crippen molar-refractivity contribution >= 4 is 22.9 Å². The molecule has 1 aromatic carbocycles. The molecule has 0 bridgehead atoms. The number of aryl methyl sites for hydroxylation is 1. The fourth-order valence-electron chi connectivity index (χ4n) is 3.18. The Labute approximate surface area is 161 Å². The van der Waals surface area contributed by atoms with Gasteiger partial charge in [0.05, 0.1) is 30.3 Å². The first-order valence-electron chi connectivity index (χ1n) is 8.83. The van der Waals surface area contributed by atoms with Gasteiger partial charge in [0.2, 0.25) is 5.95 Å². The van der Waals surface area contributed by atoms with Crippen LogP contribution in [0.25, 0.3) is 11.0 Å². The number of carbonyl (C=O) groups excluding carboxylic acids is 1. The number of hydrogen-bond acceptors (Lipinski definition) is 5. The number of ether oxygens (including phenoxy) is 1. The van der Waals surface area contributed by atoms with Gasteiger partial charge in [-0.25, -0.2) is 15.0 Å². The lowest BCUT2D eigenvalue weighted by Gasteiger charge is -2.08. The number of benzene rings is 1. The minimum absolute atomic E-state index is 0.223. The number of anilines is 1. The molecule has 0 aliphatic heterocycles. The summed E-state index contributed by atoms with van der Waals surface area (Å²) in [6.07, 6.45) is 3.42. The zero-order valence-corrected chi connectivity index (χ0v) is 15.9. The summed E-state index contributed by atoms with van der Waals surface area (Å²) < 4.78 is 7.24. The van der Waals surface area contributed by atoms with E-state index < -0.39 is 0 Å². The van der Waals surface area contributed by atoms with Gasteiger partial charge in [-0.2, -0.15) is 0 Å². The van der Waals surface area contributed by atoms with Crippen LogP contribution in [0.1, 0.15) is 27.6 Å². The number of imidazole rings is 1. The Kier molecular flexibility index (Phi) is 4.52. The van der Waals surface area contributed by atoms with Crippen LogP contribution in [0.15, 0.2) is 42.7 Å². The molecule has 4 aromatic rings. The second-order valence-corrected chi connectivity index (χ2v) is 6.46. The number of amides is 1. The molecule has 0 saturated carbocycles. The van der Waals surface area contributed by atoms with Gasteiger partial charge in [0.25, 0.3) is 5.91 Å². The summed E-state index contributed by atoms with van der Waals surface area (Å²) in [6.45, 7) is 4.38. The average molecular weight is 376 g/mol. The number of rotatable bonds is 5. The molecule has 0 atom stereocenters. The molecule has 0 aliphatic carbocycles. The van der Waals surface area contributed by atoms with Crippen molar-refractivity contribution in [2.75, 3.05) is 12.4 Å². The van der Waals surface area contributed by atoms with E-state index in [2.05, 4.69) is 25.3 Å². The predicted molar refractivity (Wildman–Crippen MR) is 106 cm³/mol. The van der Waals surface area contributed by atoms with Crippen LogP contribution in [0, 0.1) is 13.8 Å². The van der Waals surface area contributed by atoms with Gasteiger partial charge in [0, 0.05) is 29.8 Å². The Hall–Kier alpha value is -3.68. The van der Waals surface area contributed by atoms with Crippen molar-refractivity contribution in [3.8, 4) is 5.75 Å². The lowest BCUT2D eigenvalue weighted by atomic mass is 10.2. The van der Waals surface area contributed by atoms with Crippen molar-refractivity contribution in [1.82, 2.24) is 24.5 Å². The van der Waals surface area contributed by atoms with E-state index in [1.54, 1.807) is 25.6 Å². The molecule has 0 radical (unpaired) electrons. The Morgan fingerprint density at radius 2 is 2.00 bits per heavy atom. The van der Waals surface area contributed by atoms with Crippen molar-refractivity contribution in [3.05, 3.63) is 65.5 Å². The minimum Gasteiger partial charge on any atom is -0.497 e. The van der Waals surface area contributed by atoms with Gasteiger partial charge in [-0.3, -0.25) is 10.1 Å². The molecular weight excluding hydrogens is 356 g/mol. The fraction of sp³-hybridized carbons (Fsp3) is 0.200. The van der Waals surface area contributed by atoms with Crippen LogP contribution in [0.4, 0.5) is 5.95 Å². The highest BCUT2D eigenvalue weighted by Crippen LogP contribution is 2.22. The van der Waals surface area contributed by atoms with Gasteiger partial charge in [-0.1, -0.05) is 0 Å². The third-order valence-electron chi connectivity index (χ3n) is 4.66. The third-order valence-corrected chi connectivity index (χ3v) is 4.66. The number of nitrogens with one attached hydrogen (secondary N) is 2. The largest absolute Gasteiger partial charge is 0.497 e. The first kappa shape index (κ1) is 17.7. The van der Waals surface area contributed by atoms with Crippen molar-refractivity contribution in [3.63, 3.8) is 0 Å². The first-order chi connectivity index (χ1) is 13.5. The molecule has 0 saturated heterocycles. The lowest BCUT2D eigenvalue weighted by molar-refractivity contribution is 0.102. The molecule has 0 fully saturated rings. The highest BCUT2D eigenvalue weighted by molar-refractivity contribution is 6.05. The molecule has 28 heavy (non-hydrogen) atoms. The normalized spacial score (nSPS) is 11.0. The van der Waals surface area contributed by atoms with E-state index in [9.17, 15) is 4.79 Å². The second-order valence-electron chi connectivity index (χ2n) is 6.46. The third kappa shape index (κ3) is 3.32. The van der Waals surface area contributed by atoms with E-state index in [1.165, 1.54) is 0 Å². The fourth-order valence-corrected chi connectivity index (χ4v) is 3.18. The van der Waals surface area contributed by atoms with Crippen molar-refractivity contribution in [1.29, 1.82) is 0 Å². The number of aromatic nitrogens is 5. The molecule has 0 unspecified atom stereocenters. The van der Waals surface area contributed by atoms with Gasteiger partial charge in [0.1, 0.15) is 11.6 Å². The van der Waals surface area contributed by atoms with Crippen LogP contribution in [0.5, 0.6) is 5.75 Å². The van der Waals surface area contributed by atoms with E-state index in [0.717, 1.165) is 28.2 Å². The summed E-state index contributed by atoms with van der Waals surface area (Å²) in [4.78, 5) is 28.8. The summed E-state index contributed by atoms with van der Waals surface area (Å²) in [6, 6.07) is 9.14. The molecule has 3 heterocycles. The average Bonchev–Trinajstić information content (AvgIpc) is 3.23. The monoisotopic (exact) mass is 376 g/mol. The van der Waals surface area contributed by atoms with Crippen molar-refractivity contribution in [2.24, 2.45) is 0 Å². The first-order valence-corrected chi connectivity index (χ1v) is 8.83. The number of aromatic amines is 1. The SMILES string of the molecule is COc1ccc2nc(NC(=O)c3cc(C)n(Cc4ncccn4)c3C)[nH]c2c1. The van der Waals surface area contributed by atoms with E-state index >= 15 is 0 Å². The molecule has 8 heteroatoms. The number of methoxy groups -OCH3 is 1. The Balaban J connectivity index is 1.57. The van der Waals surface area contributed by atoms with Crippen LogP contribution >= 0.6 is 0 Å². The van der Waals surface area contributed by atoms with Gasteiger partial charge in [-0.15, -0.1) is 0 Å². The zero-order valence-electron chi connectivity index (χ0n) is 15.9. The molecule has 0 spiro atoms. The summed E-state index contributed by atoms with van der Waals surface area (Å²) in [5.74, 6) is 1.59. The number of H-pyrrole nitrogens is 1. The van der Waals surface area contributed by atoms with E-state index in [-0.39, 0.29) is 5.91 Å². The number of hydrogen-bond donors (Lipinski definition) is 2. The van der Waals surface area contributed by atoms with E-state index in [1.807, 2.05) is 42.7 Å². The topological polar surface area (TPSA) is 97.7 Å². The molecule has 3 aromatic heterocycles. The van der Waals surface area contributed by atoms with E-state index in [4.69, 9.17) is 4.74 Å². The van der Waals surface area contributed by atoms with Crippen LogP contribution in [0.2, 0.25) is 0 Å². The van der Waals surface area contributed by atoms with Gasteiger partial charge in [-0.05, 0) is 38.1 Å². The smallest absolute Gasteiger partial charge is 0.259 e. The van der Waals surface area contributed by atoms with Crippen LogP contribution in [0.3, 0.4) is 0 Å². The highest BCUT2D eigenvalue weighted by Gasteiger charge is 2.18. The van der Waals surface area contributed by atoms with Gasteiger partial charge < -0.3 is 14.3 Å². The number of nitrogens with zero attached hydrogens (tertiary/aromatic N) is 4. The molecule has 2 N–H and O–H groups in total. The molecule has 0 aliphatic rings. The molecule has 142 valence electrons. The van der Waals surface area contributed by atoms with Crippen LogP contribution in [-0.4, -0.2) is 37.5 Å². The van der Waals surface area contributed by atoms with Crippen molar-refractivity contribution in [2.45, 2.75) is 20.4 Å². The summed E-state index contributed by atoms with van der Waals surface area (Å²) in [5, 5.41) is 2.84. The summed E-state index contributed by atoms with van der Waals surface area (Å²) in [5.41, 5.74) is 3.94. The van der Waals surface area contributed by atoms with Gasteiger partial charge >= 0.3 is 0 Å². The number of fused-ring (bicyclic) bond motifs is 1. The molecule has 1 amide bonds. The molecular formula is C20H20N6O2. The standard InChI is InChI=1S/C20H20N6O2/c1-12-9-15(13(2)26(12)11-18-21-7-4-8-22-18)19(27)25-20-23-16-6-5-14(28-3)10-17(16)24-20/h4-10H,11H2,1-3H3,(H2,23,24,25,27). The summed E-state index contributed by atoms with van der Waals surface area (Å²) in [7, 11) is 1.61. The Morgan fingerprint density at radius 3 is 2.75 bits per heavy atom. The number of carbonyl (C=O) groups is 1. The predicted octanol–water partition coefficient (Wildman–Crippen LogP) is 3.08. The van der Waals surface area contributed by atoms with Crippen LogP contribution in [-0.2, 0) is 6.54 Å². The Morgan fingerprint density at radius 1 is 1.21 bits per heavy atom. The summed E-state index contributed by atoms with van der Waals surface area (Å²) >= 11 is 0. The van der Waals surface area contributed by atoms with E-state index in [0.29, 0.717) is 23.9 Å². The Bertz CT molecular complexity index is 1150. The minimum atomic E-state index is -0.223. The second kappa shape index (κ2) is 7.15. The van der Waals surface area contributed by atoms with Crippen molar-refractivity contribution < 1.29 is 9.53 Å². The molecule has 8 nitrogen and oxygen atoms in total. The maximum atomic E-state index is 12.8. The molecule has 4 rings (SSSR count). The van der Waals surface area contributed by atoms with Crippen LogP contribution < -0.4 is 10.1 Å². The van der Waals surface area contributed by atoms with Gasteiger partial charge in [0.15, 0.2) is 0 Å².